The highest BCUT2D eigenvalue weighted by Crippen LogP contribution is 2.36. The number of thiophene rings is 6. The summed E-state index contributed by atoms with van der Waals surface area (Å²) in [6.07, 6.45) is 13.6. The molecule has 0 aliphatic heterocycles. The Labute approximate surface area is 542 Å². The average Bonchev–Trinajstić information content (AvgIpc) is 4.50. The fourth-order valence-electron chi connectivity index (χ4n) is 9.11. The van der Waals surface area contributed by atoms with Gasteiger partial charge in [-0.2, -0.15) is 5.26 Å². The monoisotopic (exact) mass is 1360 g/mol. The van der Waals surface area contributed by atoms with E-state index in [0.717, 1.165) is 66.3 Å². The molecule has 11 rings (SSSR count). The summed E-state index contributed by atoms with van der Waals surface area (Å²) in [5.41, 5.74) is -0.186. The van der Waals surface area contributed by atoms with Crippen molar-refractivity contribution in [3.05, 3.63) is 264 Å². The van der Waals surface area contributed by atoms with Crippen LogP contribution >= 0.6 is 95.6 Å². The van der Waals surface area contributed by atoms with E-state index in [4.69, 9.17) is 34.9 Å². The molecule has 1 aliphatic carbocycles. The third-order valence-corrected chi connectivity index (χ3v) is 20.5. The number of rotatable bonds is 21. The summed E-state index contributed by atoms with van der Waals surface area (Å²) in [6.45, 7) is 3.48. The van der Waals surface area contributed by atoms with Gasteiger partial charge in [0.1, 0.15) is 28.6 Å². The van der Waals surface area contributed by atoms with Crippen LogP contribution in [0.4, 0.5) is 0 Å². The number of carbonyl (C=O) groups is 4. The molecule has 450 valence electrons. The molecule has 0 bridgehead atoms. The van der Waals surface area contributed by atoms with Crippen molar-refractivity contribution >= 4 is 119 Å². The van der Waals surface area contributed by atoms with Gasteiger partial charge in [-0.3, -0.25) is 19.2 Å². The molecule has 4 amide bonds. The maximum atomic E-state index is 12.3. The molecule has 0 saturated heterocycles. The predicted molar refractivity (Wildman–Crippen MR) is 353 cm³/mol. The van der Waals surface area contributed by atoms with Crippen molar-refractivity contribution in [1.82, 2.24) is 21.3 Å². The number of aliphatic hydroxyl groups is 1. The van der Waals surface area contributed by atoms with Crippen LogP contribution in [-0.4, -0.2) is 62.0 Å². The van der Waals surface area contributed by atoms with Gasteiger partial charge in [-0.15, -0.1) is 68.0 Å². The highest BCUT2D eigenvalue weighted by atomic mass is 79.9. The Bertz CT molecular complexity index is 3650. The molecule has 0 fully saturated rings. The van der Waals surface area contributed by atoms with Gasteiger partial charge in [-0.05, 0) is 167 Å². The highest BCUT2D eigenvalue weighted by molar-refractivity contribution is 9.10. The first kappa shape index (κ1) is 65.6. The lowest BCUT2D eigenvalue weighted by atomic mass is 9.93. The molecule has 0 radical (unpaired) electrons. The third kappa shape index (κ3) is 18.8. The smallest absolute Gasteiger partial charge is 0.261 e. The maximum absolute atomic E-state index is 12.3. The standard InChI is InChI=1S/C18H14N2O2S.C17H19NO2S2.C15H12BrNO3S.C15H16ClNO2S2/c19-11-13-4-1-5-14(10-13)18(21)20-12-15(16-6-2-8-22-16)17-7-3-9-23-17;19-16(13-6-2-1-3-7-13)18-12-17(20,14-8-4-10-21-14)15-9-5-11-22-15;16-10-7-14(21-9-10)15(18)17-8-11(12-3-1-5-19-12)13-4-2-6-20-13;1-3-11(19-2)10(12-5-4-8-20-12)9-17-15(18)13-6-7-14(16)21-13/h1-10,15H,12H2,(H,20,21);1-2,4-5,8-11,13,20H,3,6-7,12H2,(H,18,19);1-7,9,11H,8H2,(H,17,18);3-8,10H,9H2,1-2H3,(H,17,18)/b;;;11-3-. The van der Waals surface area contributed by atoms with Crippen molar-refractivity contribution in [1.29, 1.82) is 5.26 Å². The van der Waals surface area contributed by atoms with E-state index in [1.807, 2.05) is 131 Å². The second kappa shape index (κ2) is 33.7. The van der Waals surface area contributed by atoms with E-state index in [9.17, 15) is 24.3 Å². The summed E-state index contributed by atoms with van der Waals surface area (Å²) in [5, 5.41) is 41.6. The van der Waals surface area contributed by atoms with Crippen LogP contribution in [0.3, 0.4) is 0 Å². The highest BCUT2D eigenvalue weighted by Gasteiger charge is 2.35. The molecule has 3 atom stereocenters. The SMILES string of the molecule is C/C=C(\OC)C(CNC(=O)c1ccc(Cl)s1)c1cccs1.N#Cc1cccc(C(=O)NCC(c2ccco2)c2cccs2)c1.O=C(NCC(O)(c1cccs1)c1cccs1)C1CC=CCC1.O=C(NCC(c1ccco1)c1ccco1)c1cc(Br)cs1. The minimum atomic E-state index is -1.14. The molecule has 1 aromatic carbocycles. The molecule has 22 heteroatoms. The van der Waals surface area contributed by atoms with E-state index >= 15 is 0 Å². The molecular formula is C65H61BrClN5O9S6. The first-order valence-corrected chi connectivity index (χ1v) is 33.7. The minimum absolute atomic E-state index is 0.0203. The number of methoxy groups -OCH3 is 1. The van der Waals surface area contributed by atoms with E-state index in [0.29, 0.717) is 44.9 Å². The van der Waals surface area contributed by atoms with Crippen LogP contribution in [0.2, 0.25) is 4.34 Å². The van der Waals surface area contributed by atoms with Crippen molar-refractivity contribution in [3.8, 4) is 6.07 Å². The summed E-state index contributed by atoms with van der Waals surface area (Å²) in [5.74, 6) is 2.71. The summed E-state index contributed by atoms with van der Waals surface area (Å²) < 4.78 is 23.3. The number of nitriles is 1. The number of carbonyl (C=O) groups excluding carboxylic acids is 4. The number of nitrogens with zero attached hydrogens (tertiary/aromatic N) is 1. The van der Waals surface area contributed by atoms with Crippen LogP contribution in [0.25, 0.3) is 0 Å². The van der Waals surface area contributed by atoms with Gasteiger partial charge in [0.25, 0.3) is 17.7 Å². The van der Waals surface area contributed by atoms with Crippen molar-refractivity contribution in [2.75, 3.05) is 33.3 Å². The maximum Gasteiger partial charge on any atom is 0.261 e. The van der Waals surface area contributed by atoms with Gasteiger partial charge < -0.3 is 44.4 Å². The lowest BCUT2D eigenvalue weighted by molar-refractivity contribution is -0.126. The number of allylic oxidation sites excluding steroid dienone is 3. The summed E-state index contributed by atoms with van der Waals surface area (Å²) in [7, 11) is 1.65. The minimum Gasteiger partial charge on any atom is -0.501 e. The Kier molecular flexibility index (Phi) is 25.4. The van der Waals surface area contributed by atoms with Crippen LogP contribution in [0, 0.1) is 17.2 Å². The normalized spacial score (nSPS) is 13.5. The molecular weight excluding hydrogens is 1300 g/mol. The van der Waals surface area contributed by atoms with E-state index in [1.165, 1.54) is 45.3 Å². The summed E-state index contributed by atoms with van der Waals surface area (Å²) in [4.78, 5) is 54.2. The fourth-order valence-corrected chi connectivity index (χ4v) is 14.8. The van der Waals surface area contributed by atoms with Crippen molar-refractivity contribution in [2.45, 2.75) is 49.5 Å². The van der Waals surface area contributed by atoms with Gasteiger partial charge in [0.05, 0.1) is 75.9 Å². The molecule has 9 heterocycles. The third-order valence-electron chi connectivity index (χ3n) is 13.6. The molecule has 9 aromatic heterocycles. The number of halogens is 2. The van der Waals surface area contributed by atoms with E-state index in [1.54, 1.807) is 91.0 Å². The lowest BCUT2D eigenvalue weighted by Crippen LogP contribution is -2.43. The second-order valence-electron chi connectivity index (χ2n) is 19.2. The molecule has 0 spiro atoms. The van der Waals surface area contributed by atoms with Crippen LogP contribution in [-0.2, 0) is 15.1 Å². The van der Waals surface area contributed by atoms with Crippen LogP contribution < -0.4 is 21.3 Å². The van der Waals surface area contributed by atoms with Gasteiger partial charge in [-0.1, -0.05) is 54.1 Å². The number of amides is 4. The molecule has 3 unspecified atom stereocenters. The average molecular weight is 1360 g/mol. The molecule has 1 aliphatic rings. The largest absolute Gasteiger partial charge is 0.501 e. The zero-order chi connectivity index (χ0) is 61.4. The summed E-state index contributed by atoms with van der Waals surface area (Å²) >= 11 is 18.2. The number of hydrogen-bond acceptors (Lipinski definition) is 16. The van der Waals surface area contributed by atoms with Crippen molar-refractivity contribution in [3.63, 3.8) is 0 Å². The topological polar surface area (TPSA) is 209 Å². The van der Waals surface area contributed by atoms with Gasteiger partial charge >= 0.3 is 0 Å². The Hall–Kier alpha value is -7.36. The van der Waals surface area contributed by atoms with Gasteiger partial charge in [0.2, 0.25) is 5.91 Å². The number of hydrogen-bond donors (Lipinski definition) is 5. The lowest BCUT2D eigenvalue weighted by Gasteiger charge is -2.27. The van der Waals surface area contributed by atoms with Gasteiger partial charge in [0.15, 0.2) is 0 Å². The van der Waals surface area contributed by atoms with Crippen LogP contribution in [0.15, 0.2) is 215 Å². The first-order valence-electron chi connectivity index (χ1n) is 27.3. The van der Waals surface area contributed by atoms with Gasteiger partial charge in [0, 0.05) is 60.5 Å². The van der Waals surface area contributed by atoms with Crippen LogP contribution in [0.5, 0.6) is 0 Å². The molecule has 14 nitrogen and oxygen atoms in total. The van der Waals surface area contributed by atoms with Crippen molar-refractivity contribution < 1.29 is 42.3 Å². The molecule has 0 saturated carbocycles. The van der Waals surface area contributed by atoms with Gasteiger partial charge in [-0.25, -0.2) is 0 Å². The second-order valence-corrected chi connectivity index (χ2v) is 26.6. The first-order chi connectivity index (χ1) is 42.4. The Morgan fingerprint density at radius 1 is 0.701 bits per heavy atom. The van der Waals surface area contributed by atoms with E-state index in [-0.39, 0.29) is 53.8 Å². The Morgan fingerprint density at radius 2 is 1.30 bits per heavy atom. The quantitative estimate of drug-likeness (QED) is 0.0339. The molecule has 10 aromatic rings. The fraction of sp³-hybridized carbons (Fsp3) is 0.215. The summed E-state index contributed by atoms with van der Waals surface area (Å²) in [6, 6.07) is 40.8. The Morgan fingerprint density at radius 3 is 1.82 bits per heavy atom. The predicted octanol–water partition coefficient (Wildman–Crippen LogP) is 16.1. The zero-order valence-electron chi connectivity index (χ0n) is 47.1. The van der Waals surface area contributed by atoms with E-state index < -0.39 is 5.60 Å². The Balaban J connectivity index is 0.000000151. The van der Waals surface area contributed by atoms with E-state index in [2.05, 4.69) is 49.3 Å². The zero-order valence-corrected chi connectivity index (χ0v) is 54.3. The number of nitrogens with one attached hydrogen (secondary N) is 4. The van der Waals surface area contributed by atoms with Crippen molar-refractivity contribution in [2.24, 2.45) is 5.92 Å². The number of benzene rings is 1. The molecule has 87 heavy (non-hydrogen) atoms. The van der Waals surface area contributed by atoms with Crippen LogP contribution in [0.1, 0.15) is 116 Å². The number of furan rings is 3. The molecule has 5 N–H and O–H groups in total. The number of ether oxygens (including phenoxy) is 1.